The minimum absolute atomic E-state index is 0.00343. The maximum atomic E-state index is 12.7. The van der Waals surface area contributed by atoms with Crippen molar-refractivity contribution in [1.82, 2.24) is 0 Å². The number of methoxy groups -OCH3 is 2. The van der Waals surface area contributed by atoms with Gasteiger partial charge >= 0.3 is 0 Å². The molecule has 0 amide bonds. The van der Waals surface area contributed by atoms with Crippen LogP contribution < -0.4 is 0 Å². The molecule has 2 saturated heterocycles. The summed E-state index contributed by atoms with van der Waals surface area (Å²) in [5, 5.41) is 78.4. The molecule has 52 heavy (non-hydrogen) atoms. The maximum absolute atomic E-state index is 12.7. The van der Waals surface area contributed by atoms with Gasteiger partial charge in [0.15, 0.2) is 12.6 Å². The van der Waals surface area contributed by atoms with Crippen LogP contribution in [0.5, 0.6) is 0 Å². The highest BCUT2D eigenvalue weighted by Crippen LogP contribution is 2.69. The van der Waals surface area contributed by atoms with Crippen LogP contribution in [0.3, 0.4) is 0 Å². The Balaban J connectivity index is 1.14. The zero-order valence-corrected chi connectivity index (χ0v) is 32.3. The maximum Gasteiger partial charge on any atom is 0.186 e. The third-order valence-electron chi connectivity index (χ3n) is 15.1. The molecule has 6 aliphatic rings. The number of ether oxygens (including phenoxy) is 6. The first-order chi connectivity index (χ1) is 24.5. The summed E-state index contributed by atoms with van der Waals surface area (Å²) in [5.41, 5.74) is -1.77. The number of hydrogen-bond acceptors (Lipinski definition) is 13. The lowest BCUT2D eigenvalue weighted by Crippen LogP contribution is -2.68. The van der Waals surface area contributed by atoms with E-state index in [1.165, 1.54) is 14.2 Å². The summed E-state index contributed by atoms with van der Waals surface area (Å²) < 4.78 is 35.3. The second kappa shape index (κ2) is 15.8. The SMILES string of the molecule is CO[C@@H]1[C@@H](O[C@@H]2OC[C@@H](OC)[C@H](O)[C@H]2O)[C@H](O[C@@H](CC[C@@H](C)[C@H]2C[C@H](O)C3[C@]4(O)C[C@H](O)C5C[C@@H](O)CC[C@]5(C)C4CC[C@@]32C)C(C)C)OC[C@H]1O. The summed E-state index contributed by atoms with van der Waals surface area (Å²) >= 11 is 0. The molecular formula is C39H68O13. The van der Waals surface area contributed by atoms with Crippen molar-refractivity contribution in [2.75, 3.05) is 27.4 Å². The van der Waals surface area contributed by atoms with Crippen LogP contribution >= 0.6 is 0 Å². The van der Waals surface area contributed by atoms with Gasteiger partial charge in [0.1, 0.15) is 36.6 Å². The second-order valence-corrected chi connectivity index (χ2v) is 18.3. The summed E-state index contributed by atoms with van der Waals surface area (Å²) in [5.74, 6) is 0.0105. The molecule has 2 heterocycles. The van der Waals surface area contributed by atoms with Gasteiger partial charge in [-0.15, -0.1) is 0 Å². The van der Waals surface area contributed by atoms with Crippen LogP contribution in [0.2, 0.25) is 0 Å². The van der Waals surface area contributed by atoms with E-state index in [1.54, 1.807) is 0 Å². The summed E-state index contributed by atoms with van der Waals surface area (Å²) in [7, 11) is 2.89. The van der Waals surface area contributed by atoms with E-state index in [1.807, 2.05) is 0 Å². The molecule has 6 fully saturated rings. The van der Waals surface area contributed by atoms with Crippen molar-refractivity contribution >= 4 is 0 Å². The van der Waals surface area contributed by atoms with Gasteiger partial charge in [0, 0.05) is 26.6 Å². The van der Waals surface area contributed by atoms with Gasteiger partial charge < -0.3 is 64.2 Å². The van der Waals surface area contributed by atoms with Crippen LogP contribution in [-0.4, -0.2) is 142 Å². The molecule has 3 unspecified atom stereocenters. The van der Waals surface area contributed by atoms with E-state index in [2.05, 4.69) is 34.6 Å². The fraction of sp³-hybridized carbons (Fsp3) is 1.00. The van der Waals surface area contributed by atoms with Crippen molar-refractivity contribution < 1.29 is 64.2 Å². The van der Waals surface area contributed by atoms with E-state index in [-0.39, 0.29) is 72.1 Å². The van der Waals surface area contributed by atoms with E-state index in [0.29, 0.717) is 25.7 Å². The Labute approximate surface area is 309 Å². The number of rotatable bonds is 11. The molecule has 0 spiro atoms. The molecule has 6 rings (SSSR count). The number of fused-ring (bicyclic) bond motifs is 5. The van der Waals surface area contributed by atoms with Gasteiger partial charge in [0.25, 0.3) is 0 Å². The highest BCUT2D eigenvalue weighted by atomic mass is 16.8. The molecule has 2 aliphatic heterocycles. The first kappa shape index (κ1) is 41.1. The molecule has 13 heteroatoms. The monoisotopic (exact) mass is 744 g/mol. The van der Waals surface area contributed by atoms with Gasteiger partial charge in [-0.25, -0.2) is 0 Å². The fourth-order valence-electron chi connectivity index (χ4n) is 12.3. The Kier molecular flexibility index (Phi) is 12.5. The molecule has 0 radical (unpaired) electrons. The average molecular weight is 745 g/mol. The Morgan fingerprint density at radius 1 is 0.750 bits per heavy atom. The van der Waals surface area contributed by atoms with Crippen LogP contribution in [0.4, 0.5) is 0 Å². The third kappa shape index (κ3) is 7.16. The Morgan fingerprint density at radius 3 is 2.12 bits per heavy atom. The largest absolute Gasteiger partial charge is 0.393 e. The van der Waals surface area contributed by atoms with Crippen LogP contribution in [0.15, 0.2) is 0 Å². The lowest BCUT2D eigenvalue weighted by atomic mass is 9.42. The number of aliphatic hydroxyl groups is 7. The van der Waals surface area contributed by atoms with Crippen LogP contribution in [0, 0.1) is 46.3 Å². The number of hydrogen-bond donors (Lipinski definition) is 7. The molecule has 0 aromatic heterocycles. The molecule has 13 nitrogen and oxygen atoms in total. The normalized spacial score (nSPS) is 52.1. The van der Waals surface area contributed by atoms with E-state index >= 15 is 0 Å². The Morgan fingerprint density at radius 2 is 1.44 bits per heavy atom. The second-order valence-electron chi connectivity index (χ2n) is 18.3. The van der Waals surface area contributed by atoms with Crippen LogP contribution in [0.1, 0.15) is 92.4 Å². The quantitative estimate of drug-likeness (QED) is 0.162. The average Bonchev–Trinajstić information content (AvgIpc) is 3.37. The topological polar surface area (TPSA) is 197 Å². The molecule has 4 saturated carbocycles. The lowest BCUT2D eigenvalue weighted by Gasteiger charge is -2.66. The van der Waals surface area contributed by atoms with Crippen molar-refractivity contribution in [3.05, 3.63) is 0 Å². The van der Waals surface area contributed by atoms with Gasteiger partial charge in [-0.05, 0) is 91.8 Å². The van der Waals surface area contributed by atoms with Crippen molar-refractivity contribution in [2.45, 2.75) is 172 Å². The summed E-state index contributed by atoms with van der Waals surface area (Å²) in [4.78, 5) is 0. The first-order valence-electron chi connectivity index (χ1n) is 19.9. The standard InChI is InChI=1S/C39H68O13/c1-19(2)27(51-36-33(32(48-7)26(43)17-49-36)52-35-31(45)30(44)28(47-6)18-50-35)9-8-20(3)22-15-24(41)34-38(22,5)13-11-29-37(4)12-10-21(40)14-23(37)25(42)16-39(29,34)46/h19-36,40-46H,8-18H2,1-7H3/t20-,21+,22-,23?,24+,25+,26-,27+,28-,29?,30+,31-,32+,33-,34?,35+,36+,37+,38-,39+/m1/s1. The minimum Gasteiger partial charge on any atom is -0.393 e. The molecular weight excluding hydrogens is 676 g/mol. The zero-order valence-electron chi connectivity index (χ0n) is 32.3. The van der Waals surface area contributed by atoms with Gasteiger partial charge in [0.05, 0.1) is 43.2 Å². The van der Waals surface area contributed by atoms with Crippen molar-refractivity contribution in [3.63, 3.8) is 0 Å². The molecule has 302 valence electrons. The predicted octanol–water partition coefficient (Wildman–Crippen LogP) is 1.73. The van der Waals surface area contributed by atoms with Crippen molar-refractivity contribution in [1.29, 1.82) is 0 Å². The van der Waals surface area contributed by atoms with E-state index < -0.39 is 73.1 Å². The smallest absolute Gasteiger partial charge is 0.186 e. The first-order valence-corrected chi connectivity index (χ1v) is 19.9. The van der Waals surface area contributed by atoms with Gasteiger partial charge in [-0.3, -0.25) is 0 Å². The van der Waals surface area contributed by atoms with Gasteiger partial charge in [0.2, 0.25) is 0 Å². The van der Waals surface area contributed by atoms with Gasteiger partial charge in [-0.2, -0.15) is 0 Å². The molecule has 20 atom stereocenters. The number of aliphatic hydroxyl groups excluding tert-OH is 6. The summed E-state index contributed by atoms with van der Waals surface area (Å²) in [6.45, 7) is 10.8. The molecule has 0 aromatic rings. The molecule has 7 N–H and O–H groups in total. The Hall–Kier alpha value is -0.520. The van der Waals surface area contributed by atoms with E-state index in [0.717, 1.165) is 25.7 Å². The van der Waals surface area contributed by atoms with Crippen molar-refractivity contribution in [3.8, 4) is 0 Å². The third-order valence-corrected chi connectivity index (χ3v) is 15.1. The zero-order chi connectivity index (χ0) is 37.9. The molecule has 0 aromatic carbocycles. The molecule has 0 bridgehead atoms. The van der Waals surface area contributed by atoms with Crippen LogP contribution in [0.25, 0.3) is 0 Å². The van der Waals surface area contributed by atoms with Crippen molar-refractivity contribution in [2.24, 2.45) is 46.3 Å². The highest BCUT2D eigenvalue weighted by molar-refractivity contribution is 5.20. The van der Waals surface area contributed by atoms with Gasteiger partial charge in [-0.1, -0.05) is 34.6 Å². The lowest BCUT2D eigenvalue weighted by molar-refractivity contribution is -0.352. The summed E-state index contributed by atoms with van der Waals surface area (Å²) in [6, 6.07) is 0. The van der Waals surface area contributed by atoms with E-state index in [9.17, 15) is 35.7 Å². The highest BCUT2D eigenvalue weighted by Gasteiger charge is 2.70. The fourth-order valence-corrected chi connectivity index (χ4v) is 12.3. The molecule has 4 aliphatic carbocycles. The summed E-state index contributed by atoms with van der Waals surface area (Å²) in [6.07, 6.45) is -4.39. The van der Waals surface area contributed by atoms with E-state index in [4.69, 9.17) is 28.4 Å². The minimum atomic E-state index is -1.41. The van der Waals surface area contributed by atoms with Crippen LogP contribution in [-0.2, 0) is 28.4 Å². The predicted molar refractivity (Wildman–Crippen MR) is 188 cm³/mol. The Bertz CT molecular complexity index is 1190.